The van der Waals surface area contributed by atoms with Crippen LogP contribution in [0.15, 0.2) is 173 Å². The van der Waals surface area contributed by atoms with Crippen LogP contribution in [0.2, 0.25) is 0 Å². The predicted molar refractivity (Wildman–Crippen MR) is 208 cm³/mol. The number of hydrogen-bond donors (Lipinski definition) is 0. The van der Waals surface area contributed by atoms with Crippen LogP contribution >= 0.6 is 0 Å². The van der Waals surface area contributed by atoms with Crippen LogP contribution in [0.1, 0.15) is 42.4 Å². The maximum Gasteiger partial charge on any atom is 0.130 e. The van der Waals surface area contributed by atoms with E-state index in [1.807, 2.05) is 18.2 Å². The quantitative estimate of drug-likeness (QED) is 0.253. The molecule has 0 radical (unpaired) electrons. The Kier molecular flexibility index (Phi) is 6.09. The van der Waals surface area contributed by atoms with Crippen molar-refractivity contribution in [2.75, 3.05) is 0 Å². The van der Waals surface area contributed by atoms with E-state index in [2.05, 4.69) is 103 Å². The molecule has 52 heavy (non-hydrogen) atoms. The van der Waals surface area contributed by atoms with Gasteiger partial charge < -0.3 is 0 Å². The Balaban J connectivity index is 1.10. The number of fused-ring (bicyclic) bond motifs is 10. The molecular formula is C50H38F2. The van der Waals surface area contributed by atoms with Gasteiger partial charge in [0, 0.05) is 35.7 Å². The van der Waals surface area contributed by atoms with E-state index >= 15 is 8.78 Å². The number of halogens is 2. The lowest BCUT2D eigenvalue weighted by atomic mass is 9.56. The fourth-order valence-electron chi connectivity index (χ4n) is 11.8. The molecule has 0 spiro atoms. The zero-order valence-corrected chi connectivity index (χ0v) is 28.9. The Morgan fingerprint density at radius 1 is 0.673 bits per heavy atom. The number of hydrogen-bond acceptors (Lipinski definition) is 0. The van der Waals surface area contributed by atoms with Gasteiger partial charge in [0.05, 0.1) is 0 Å². The molecule has 3 aromatic carbocycles. The van der Waals surface area contributed by atoms with Crippen LogP contribution in [0, 0.1) is 47.2 Å². The minimum atomic E-state index is -0.973. The highest BCUT2D eigenvalue weighted by atomic mass is 19.1. The van der Waals surface area contributed by atoms with E-state index in [1.165, 1.54) is 72.9 Å². The third-order valence-corrected chi connectivity index (χ3v) is 13.9. The second-order valence-corrected chi connectivity index (χ2v) is 16.2. The standard InChI is InChI=1S/C50H38F2/c51-47-19-3-1-13-29(47)35-21-43-44(45-25-39-33-17-7-11-27-9-5-15-31(49(27)33)37(39)23-41(35)45)22-36(30-14-2-4-20-48(30)52)42-24-38-32-16-6-10-28-12-8-18-34(50(28)32)40(38)26-46(42)43/h1-7,9-11,13-19,21,23-26,28,36,41-42,45-46,48,50H,8,12,20,22H2. The molecule has 9 aliphatic rings. The average molecular weight is 677 g/mol. The first kappa shape index (κ1) is 29.5. The molecule has 252 valence electrons. The van der Waals surface area contributed by atoms with Crippen LogP contribution in [0.3, 0.4) is 0 Å². The fraction of sp³-hybridized carbons (Fsp3) is 0.240. The van der Waals surface area contributed by atoms with Crippen molar-refractivity contribution in [2.24, 2.45) is 41.4 Å². The summed E-state index contributed by atoms with van der Waals surface area (Å²) in [4.78, 5) is 0. The first-order valence-corrected chi connectivity index (χ1v) is 19.3. The lowest BCUT2D eigenvalue weighted by molar-refractivity contribution is 0.281. The molecule has 12 rings (SSSR count). The molecule has 3 aromatic rings. The molecule has 8 unspecified atom stereocenters. The van der Waals surface area contributed by atoms with Crippen molar-refractivity contribution in [3.05, 3.63) is 195 Å². The SMILES string of the molecule is Fc1ccccc1C1=CC2=C(CC(C3=CC=CCC3F)C3C=C4C(=CC23)C2=CCCC3C=CC=C4C23)C2C=C3C(=CC12)c1cccc2cccc3c12. The van der Waals surface area contributed by atoms with Crippen molar-refractivity contribution in [1.29, 1.82) is 0 Å². The molecule has 0 amide bonds. The molecule has 9 aliphatic carbocycles. The lowest BCUT2D eigenvalue weighted by Crippen LogP contribution is -2.38. The van der Waals surface area contributed by atoms with Crippen LogP contribution in [-0.4, -0.2) is 6.17 Å². The van der Waals surface area contributed by atoms with Crippen molar-refractivity contribution in [3.63, 3.8) is 0 Å². The van der Waals surface area contributed by atoms with E-state index in [0.717, 1.165) is 24.0 Å². The summed E-state index contributed by atoms with van der Waals surface area (Å²) >= 11 is 0. The lowest BCUT2D eigenvalue weighted by Gasteiger charge is -2.47. The average Bonchev–Trinajstić information content (AvgIpc) is 3.67. The van der Waals surface area contributed by atoms with Gasteiger partial charge in [-0.2, -0.15) is 0 Å². The predicted octanol–water partition coefficient (Wildman–Crippen LogP) is 12.2. The van der Waals surface area contributed by atoms with Crippen LogP contribution in [0.5, 0.6) is 0 Å². The van der Waals surface area contributed by atoms with Crippen LogP contribution in [-0.2, 0) is 0 Å². The zero-order valence-electron chi connectivity index (χ0n) is 28.9. The van der Waals surface area contributed by atoms with Crippen molar-refractivity contribution in [3.8, 4) is 0 Å². The summed E-state index contributed by atoms with van der Waals surface area (Å²) in [5.74, 6) is 1.09. The summed E-state index contributed by atoms with van der Waals surface area (Å²) < 4.78 is 32.2. The minimum absolute atomic E-state index is 0.0210. The van der Waals surface area contributed by atoms with Gasteiger partial charge in [-0.3, -0.25) is 0 Å². The van der Waals surface area contributed by atoms with Gasteiger partial charge in [-0.05, 0) is 115 Å². The Hall–Kier alpha value is -5.08. The van der Waals surface area contributed by atoms with Crippen molar-refractivity contribution >= 4 is 27.5 Å². The topological polar surface area (TPSA) is 0 Å². The molecular weight excluding hydrogens is 639 g/mol. The second-order valence-electron chi connectivity index (χ2n) is 16.2. The van der Waals surface area contributed by atoms with Gasteiger partial charge in [-0.15, -0.1) is 0 Å². The molecule has 0 bridgehead atoms. The van der Waals surface area contributed by atoms with Gasteiger partial charge in [0.15, 0.2) is 0 Å². The monoisotopic (exact) mass is 676 g/mol. The van der Waals surface area contributed by atoms with E-state index in [4.69, 9.17) is 0 Å². The summed E-state index contributed by atoms with van der Waals surface area (Å²) in [5.41, 5.74) is 16.2. The Bertz CT molecular complexity index is 2520. The first-order valence-electron chi connectivity index (χ1n) is 19.3. The third-order valence-electron chi connectivity index (χ3n) is 13.9. The molecule has 2 heteroatoms. The minimum Gasteiger partial charge on any atom is -0.242 e. The summed E-state index contributed by atoms with van der Waals surface area (Å²) in [6.45, 7) is 0. The first-order chi connectivity index (χ1) is 25.6. The highest BCUT2D eigenvalue weighted by Crippen LogP contribution is 2.62. The molecule has 0 saturated heterocycles. The zero-order chi connectivity index (χ0) is 34.2. The number of rotatable bonds is 2. The maximum absolute atomic E-state index is 16.2. The summed E-state index contributed by atoms with van der Waals surface area (Å²) in [6, 6.07) is 20.6. The molecule has 1 fully saturated rings. The van der Waals surface area contributed by atoms with Gasteiger partial charge >= 0.3 is 0 Å². The Labute approximate surface area is 303 Å². The van der Waals surface area contributed by atoms with Crippen LogP contribution < -0.4 is 0 Å². The molecule has 0 aliphatic heterocycles. The molecule has 0 heterocycles. The van der Waals surface area contributed by atoms with Crippen molar-refractivity contribution in [2.45, 2.75) is 31.9 Å². The van der Waals surface area contributed by atoms with Gasteiger partial charge in [0.25, 0.3) is 0 Å². The van der Waals surface area contributed by atoms with E-state index in [-0.39, 0.29) is 35.4 Å². The van der Waals surface area contributed by atoms with Crippen molar-refractivity contribution < 1.29 is 8.78 Å². The third kappa shape index (κ3) is 3.91. The summed E-state index contributed by atoms with van der Waals surface area (Å²) in [6.07, 6.45) is 30.7. The van der Waals surface area contributed by atoms with Crippen LogP contribution in [0.25, 0.3) is 27.5 Å². The summed E-state index contributed by atoms with van der Waals surface area (Å²) in [7, 11) is 0. The second kappa shape index (κ2) is 10.7. The van der Waals surface area contributed by atoms with Crippen LogP contribution in [0.4, 0.5) is 8.78 Å². The van der Waals surface area contributed by atoms with E-state index < -0.39 is 6.17 Å². The molecule has 0 aromatic heterocycles. The Morgan fingerprint density at radius 2 is 1.44 bits per heavy atom. The highest BCUT2D eigenvalue weighted by molar-refractivity contribution is 6.23. The van der Waals surface area contributed by atoms with Crippen molar-refractivity contribution in [1.82, 2.24) is 0 Å². The maximum atomic E-state index is 16.2. The smallest absolute Gasteiger partial charge is 0.130 e. The van der Waals surface area contributed by atoms with Gasteiger partial charge in [-0.25, -0.2) is 8.78 Å². The van der Waals surface area contributed by atoms with Gasteiger partial charge in [0.2, 0.25) is 0 Å². The molecule has 0 nitrogen and oxygen atoms in total. The van der Waals surface area contributed by atoms with E-state index in [9.17, 15) is 0 Å². The normalized spacial score (nSPS) is 32.8. The van der Waals surface area contributed by atoms with Gasteiger partial charge in [0.1, 0.15) is 12.0 Å². The fourth-order valence-corrected chi connectivity index (χ4v) is 11.8. The number of benzene rings is 3. The summed E-state index contributed by atoms with van der Waals surface area (Å²) in [5, 5.41) is 2.57. The van der Waals surface area contributed by atoms with Gasteiger partial charge in [-0.1, -0.05) is 133 Å². The molecule has 8 atom stereocenters. The number of allylic oxidation sites excluding steroid dienone is 22. The highest BCUT2D eigenvalue weighted by Gasteiger charge is 2.50. The van der Waals surface area contributed by atoms with E-state index in [0.29, 0.717) is 23.8 Å². The Morgan fingerprint density at radius 3 is 2.27 bits per heavy atom. The molecule has 1 saturated carbocycles. The molecule has 0 N–H and O–H groups in total. The number of alkyl halides is 1. The van der Waals surface area contributed by atoms with E-state index in [1.54, 1.807) is 12.1 Å². The largest absolute Gasteiger partial charge is 0.242 e.